The minimum absolute atomic E-state index is 0.0368. The summed E-state index contributed by atoms with van der Waals surface area (Å²) >= 11 is 5.16. The van der Waals surface area contributed by atoms with Gasteiger partial charge < -0.3 is 9.47 Å². The van der Waals surface area contributed by atoms with E-state index >= 15 is 0 Å². The number of rotatable bonds is 3. The standard InChI is InChI=1S/C19H13N3O6S/c1-10-3-2-4-12(5-10)21-18(24)13(17(23)20-19(21)29)6-11-7-15-16(28-9-27-15)8-14(11)22(25)26/h2-8H,9H2,1H3,(H,20,23,29)/b13-6+. The van der Waals surface area contributed by atoms with Crippen LogP contribution in [0.3, 0.4) is 0 Å². The number of nitro groups is 1. The summed E-state index contributed by atoms with van der Waals surface area (Å²) in [4.78, 5) is 37.5. The van der Waals surface area contributed by atoms with Crippen molar-refractivity contribution in [1.82, 2.24) is 5.32 Å². The summed E-state index contributed by atoms with van der Waals surface area (Å²) in [6.45, 7) is 1.79. The van der Waals surface area contributed by atoms with Crippen LogP contribution >= 0.6 is 12.2 Å². The number of hydrogen-bond donors (Lipinski definition) is 1. The lowest BCUT2D eigenvalue weighted by Crippen LogP contribution is -2.54. The SMILES string of the molecule is Cc1cccc(N2C(=O)/C(=C/c3cc4c(cc3[N+](=O)[O-])OCO4)C(=O)NC2=S)c1. The molecule has 0 radical (unpaired) electrons. The smallest absolute Gasteiger partial charge is 0.280 e. The molecule has 2 aliphatic heterocycles. The van der Waals surface area contributed by atoms with Gasteiger partial charge in [0.25, 0.3) is 17.5 Å². The molecule has 1 N–H and O–H groups in total. The Labute approximate surface area is 169 Å². The van der Waals surface area contributed by atoms with Crippen LogP contribution in [-0.2, 0) is 9.59 Å². The normalized spacial score (nSPS) is 16.9. The van der Waals surface area contributed by atoms with E-state index < -0.39 is 16.7 Å². The third-order valence-corrected chi connectivity index (χ3v) is 4.66. The summed E-state index contributed by atoms with van der Waals surface area (Å²) in [7, 11) is 0. The number of hydrogen-bond acceptors (Lipinski definition) is 7. The van der Waals surface area contributed by atoms with Gasteiger partial charge in [0.15, 0.2) is 16.6 Å². The monoisotopic (exact) mass is 411 g/mol. The molecule has 2 aromatic rings. The number of benzene rings is 2. The highest BCUT2D eigenvalue weighted by molar-refractivity contribution is 7.80. The summed E-state index contributed by atoms with van der Waals surface area (Å²) in [6, 6.07) is 9.58. The maximum absolute atomic E-state index is 13.1. The minimum atomic E-state index is -0.740. The predicted molar refractivity (Wildman–Crippen MR) is 107 cm³/mol. The van der Waals surface area contributed by atoms with Gasteiger partial charge in [0.05, 0.1) is 22.2 Å². The van der Waals surface area contributed by atoms with Crippen LogP contribution in [0.4, 0.5) is 11.4 Å². The van der Waals surface area contributed by atoms with Crippen molar-refractivity contribution in [2.24, 2.45) is 0 Å². The number of aryl methyl sites for hydroxylation is 1. The van der Waals surface area contributed by atoms with Crippen LogP contribution in [0.2, 0.25) is 0 Å². The highest BCUT2D eigenvalue weighted by Crippen LogP contribution is 2.39. The van der Waals surface area contributed by atoms with Crippen LogP contribution in [0.1, 0.15) is 11.1 Å². The summed E-state index contributed by atoms with van der Waals surface area (Å²) in [6.07, 6.45) is 1.16. The number of nitrogens with one attached hydrogen (secondary N) is 1. The number of thiocarbonyl (C=S) groups is 1. The number of carbonyl (C=O) groups is 2. The molecule has 0 atom stereocenters. The first kappa shape index (κ1) is 18.6. The number of nitrogens with zero attached hydrogens (tertiary/aromatic N) is 2. The molecule has 0 spiro atoms. The number of ether oxygens (including phenoxy) is 2. The molecule has 29 heavy (non-hydrogen) atoms. The molecule has 0 bridgehead atoms. The van der Waals surface area contributed by atoms with E-state index in [0.29, 0.717) is 5.69 Å². The first-order valence-corrected chi connectivity index (χ1v) is 8.82. The maximum atomic E-state index is 13.1. The van der Waals surface area contributed by atoms with Crippen molar-refractivity contribution in [1.29, 1.82) is 0 Å². The Hall–Kier alpha value is -3.79. The largest absolute Gasteiger partial charge is 0.454 e. The summed E-state index contributed by atoms with van der Waals surface area (Å²) in [5.74, 6) is -0.912. The lowest BCUT2D eigenvalue weighted by molar-refractivity contribution is -0.385. The Bertz CT molecular complexity index is 1130. The molecule has 2 aromatic carbocycles. The Balaban J connectivity index is 1.81. The summed E-state index contributed by atoms with van der Waals surface area (Å²) in [5.41, 5.74) is 0.799. The second kappa shape index (κ2) is 6.99. The van der Waals surface area contributed by atoms with E-state index in [9.17, 15) is 19.7 Å². The van der Waals surface area contributed by atoms with Crippen molar-refractivity contribution in [2.75, 3.05) is 11.7 Å². The molecule has 0 saturated carbocycles. The molecular weight excluding hydrogens is 398 g/mol. The quantitative estimate of drug-likeness (QED) is 0.272. The maximum Gasteiger partial charge on any atom is 0.280 e. The van der Waals surface area contributed by atoms with Crippen molar-refractivity contribution in [2.45, 2.75) is 6.92 Å². The highest BCUT2D eigenvalue weighted by atomic mass is 32.1. The average Bonchev–Trinajstić information content (AvgIpc) is 3.11. The molecule has 4 rings (SSSR count). The van der Waals surface area contributed by atoms with E-state index in [1.165, 1.54) is 17.0 Å². The van der Waals surface area contributed by atoms with Crippen LogP contribution in [0.15, 0.2) is 42.0 Å². The fourth-order valence-electron chi connectivity index (χ4n) is 3.04. The van der Waals surface area contributed by atoms with Gasteiger partial charge in [-0.1, -0.05) is 12.1 Å². The van der Waals surface area contributed by atoms with Gasteiger partial charge in [-0.3, -0.25) is 29.9 Å². The highest BCUT2D eigenvalue weighted by Gasteiger charge is 2.35. The van der Waals surface area contributed by atoms with E-state index in [0.717, 1.165) is 11.6 Å². The Morgan fingerprint density at radius 3 is 2.62 bits per heavy atom. The Kier molecular flexibility index (Phi) is 4.47. The third kappa shape index (κ3) is 3.29. The second-order valence-electron chi connectivity index (χ2n) is 6.32. The van der Waals surface area contributed by atoms with E-state index in [2.05, 4.69) is 5.32 Å². The molecule has 10 heteroatoms. The van der Waals surface area contributed by atoms with Crippen LogP contribution in [0, 0.1) is 17.0 Å². The van der Waals surface area contributed by atoms with Crippen molar-refractivity contribution in [3.63, 3.8) is 0 Å². The predicted octanol–water partition coefficient (Wildman–Crippen LogP) is 2.46. The molecule has 0 aromatic heterocycles. The number of carbonyl (C=O) groups excluding carboxylic acids is 2. The molecule has 1 fully saturated rings. The third-order valence-electron chi connectivity index (χ3n) is 4.38. The molecule has 0 aliphatic carbocycles. The van der Waals surface area contributed by atoms with Crippen LogP contribution in [0.25, 0.3) is 6.08 Å². The van der Waals surface area contributed by atoms with E-state index in [1.54, 1.807) is 18.2 Å². The van der Waals surface area contributed by atoms with Gasteiger partial charge in [0, 0.05) is 0 Å². The zero-order chi connectivity index (χ0) is 20.7. The van der Waals surface area contributed by atoms with Gasteiger partial charge in [0.2, 0.25) is 6.79 Å². The molecular formula is C19H13N3O6S. The zero-order valence-electron chi connectivity index (χ0n) is 15.0. The van der Waals surface area contributed by atoms with Gasteiger partial charge in [-0.05, 0) is 49.0 Å². The summed E-state index contributed by atoms with van der Waals surface area (Å²) in [5, 5.41) is 13.9. The van der Waals surface area contributed by atoms with E-state index in [1.807, 2.05) is 13.0 Å². The van der Waals surface area contributed by atoms with Gasteiger partial charge in [-0.15, -0.1) is 0 Å². The Morgan fingerprint density at radius 1 is 1.21 bits per heavy atom. The van der Waals surface area contributed by atoms with Crippen LogP contribution < -0.4 is 19.7 Å². The fourth-order valence-corrected chi connectivity index (χ4v) is 3.32. The average molecular weight is 411 g/mol. The van der Waals surface area contributed by atoms with Gasteiger partial charge >= 0.3 is 0 Å². The lowest BCUT2D eigenvalue weighted by Gasteiger charge is -2.29. The molecule has 146 valence electrons. The number of fused-ring (bicyclic) bond motifs is 1. The lowest BCUT2D eigenvalue weighted by atomic mass is 10.0. The van der Waals surface area contributed by atoms with Crippen LogP contribution in [-0.4, -0.2) is 28.6 Å². The van der Waals surface area contributed by atoms with Crippen molar-refractivity contribution in [3.8, 4) is 11.5 Å². The van der Waals surface area contributed by atoms with Crippen molar-refractivity contribution < 1.29 is 24.0 Å². The van der Waals surface area contributed by atoms with Crippen LogP contribution in [0.5, 0.6) is 11.5 Å². The van der Waals surface area contributed by atoms with E-state index in [-0.39, 0.29) is 40.2 Å². The molecule has 1 saturated heterocycles. The first-order valence-electron chi connectivity index (χ1n) is 8.41. The number of nitro benzene ring substituents is 1. The first-order chi connectivity index (χ1) is 13.8. The van der Waals surface area contributed by atoms with Crippen molar-refractivity contribution >= 4 is 46.6 Å². The minimum Gasteiger partial charge on any atom is -0.454 e. The topological polar surface area (TPSA) is 111 Å². The second-order valence-corrected chi connectivity index (χ2v) is 6.70. The zero-order valence-corrected chi connectivity index (χ0v) is 15.8. The molecule has 0 unspecified atom stereocenters. The van der Waals surface area contributed by atoms with Gasteiger partial charge in [-0.25, -0.2) is 0 Å². The molecule has 2 aliphatic rings. The number of anilines is 1. The molecule has 2 amide bonds. The van der Waals surface area contributed by atoms with E-state index in [4.69, 9.17) is 21.7 Å². The summed E-state index contributed by atoms with van der Waals surface area (Å²) < 4.78 is 10.4. The van der Waals surface area contributed by atoms with Gasteiger partial charge in [0.1, 0.15) is 5.57 Å². The van der Waals surface area contributed by atoms with Crippen molar-refractivity contribution in [3.05, 3.63) is 63.2 Å². The molecule has 2 heterocycles. The number of amides is 2. The molecule has 9 nitrogen and oxygen atoms in total. The Morgan fingerprint density at radius 2 is 1.93 bits per heavy atom. The van der Waals surface area contributed by atoms with Gasteiger partial charge in [-0.2, -0.15) is 0 Å². The fraction of sp³-hybridized carbons (Fsp3) is 0.105.